The Kier molecular flexibility index (Phi) is 4.82. The molecule has 1 aliphatic rings. The Hall–Kier alpha value is -2.68. The zero-order chi connectivity index (χ0) is 24.9. The van der Waals surface area contributed by atoms with E-state index in [1.807, 2.05) is 0 Å². The summed E-state index contributed by atoms with van der Waals surface area (Å²) < 4.78 is 220. The first-order chi connectivity index (χ1) is 14.3. The van der Waals surface area contributed by atoms with Crippen LogP contribution in [0.4, 0.5) is 70.2 Å². The summed E-state index contributed by atoms with van der Waals surface area (Å²) in [5, 5.41) is 0. The first-order valence-electron chi connectivity index (χ1n) is 7.52. The van der Waals surface area contributed by atoms with Crippen LogP contribution in [0.15, 0.2) is 0 Å². The SMILES string of the molecule is Fc1c(F)c(F)c(C2(F)c3c(F)c(F)c(F)c(F)c3C2(F)C(F)(F)C(F)(F)F)c(F)c1F. The highest BCUT2D eigenvalue weighted by atomic mass is 19.4. The number of hydrogen-bond donors (Lipinski definition) is 0. The van der Waals surface area contributed by atoms with Gasteiger partial charge in [0.2, 0.25) is 11.5 Å². The topological polar surface area (TPSA) is 0 Å². The molecule has 0 spiro atoms. The molecule has 2 atom stereocenters. The molecular formula is C16F16. The average Bonchev–Trinajstić information content (AvgIpc) is 2.69. The third kappa shape index (κ3) is 2.32. The van der Waals surface area contributed by atoms with Crippen LogP contribution in [0, 0.1) is 52.4 Å². The van der Waals surface area contributed by atoms with Gasteiger partial charge in [-0.2, -0.15) is 22.0 Å². The maximum absolute atomic E-state index is 15.5. The summed E-state index contributed by atoms with van der Waals surface area (Å²) in [6, 6.07) is 0. The molecule has 0 N–H and O–H groups in total. The number of fused-ring (bicyclic) bond motifs is 1. The van der Waals surface area contributed by atoms with Gasteiger partial charge in [0.15, 0.2) is 46.5 Å². The van der Waals surface area contributed by atoms with Gasteiger partial charge < -0.3 is 0 Å². The maximum Gasteiger partial charge on any atom is 0.457 e. The van der Waals surface area contributed by atoms with E-state index in [-0.39, 0.29) is 0 Å². The van der Waals surface area contributed by atoms with Gasteiger partial charge in [-0.3, -0.25) is 0 Å². The normalized spacial score (nSPS) is 23.2. The van der Waals surface area contributed by atoms with Gasteiger partial charge in [-0.05, 0) is 0 Å². The van der Waals surface area contributed by atoms with Crippen LogP contribution < -0.4 is 0 Å². The van der Waals surface area contributed by atoms with Crippen LogP contribution in [0.2, 0.25) is 0 Å². The Balaban J connectivity index is 2.64. The van der Waals surface area contributed by atoms with Crippen LogP contribution in [0.1, 0.15) is 16.7 Å². The predicted molar refractivity (Wildman–Crippen MR) is 68.2 cm³/mol. The molecule has 176 valence electrons. The smallest absolute Gasteiger partial charge is 0.229 e. The van der Waals surface area contributed by atoms with E-state index in [9.17, 15) is 61.5 Å². The molecule has 0 bridgehead atoms. The standard InChI is InChI=1S/C16F16/c17-4-1-2(5(18)9(22)8(4)21)14(27,15(28,29)16(30,31)32)13(1,26)3-6(19)10(23)12(25)11(24)7(3)20. The van der Waals surface area contributed by atoms with Crippen LogP contribution >= 0.6 is 0 Å². The molecule has 0 saturated carbocycles. The summed E-state index contributed by atoms with van der Waals surface area (Å²) >= 11 is 0. The van der Waals surface area contributed by atoms with Crippen molar-refractivity contribution in [2.75, 3.05) is 0 Å². The summed E-state index contributed by atoms with van der Waals surface area (Å²) in [4.78, 5) is 0. The zero-order valence-electron chi connectivity index (χ0n) is 14.0. The van der Waals surface area contributed by atoms with Crippen molar-refractivity contribution in [3.8, 4) is 0 Å². The van der Waals surface area contributed by atoms with Crippen molar-refractivity contribution >= 4 is 0 Å². The summed E-state index contributed by atoms with van der Waals surface area (Å²) in [5.74, 6) is -37.1. The van der Waals surface area contributed by atoms with Crippen molar-refractivity contribution in [2.45, 2.75) is 23.4 Å². The lowest BCUT2D eigenvalue weighted by Crippen LogP contribution is -2.69. The highest BCUT2D eigenvalue weighted by Crippen LogP contribution is 2.71. The quantitative estimate of drug-likeness (QED) is 0.252. The second kappa shape index (κ2) is 6.43. The van der Waals surface area contributed by atoms with Gasteiger partial charge in [0.1, 0.15) is 0 Å². The molecule has 0 fully saturated rings. The molecule has 16 heteroatoms. The van der Waals surface area contributed by atoms with Crippen molar-refractivity contribution in [1.29, 1.82) is 0 Å². The molecule has 0 aliphatic heterocycles. The van der Waals surface area contributed by atoms with Crippen LogP contribution in [0.3, 0.4) is 0 Å². The lowest BCUT2D eigenvalue weighted by Gasteiger charge is -2.52. The lowest BCUT2D eigenvalue weighted by atomic mass is 9.56. The molecule has 3 rings (SSSR count). The fourth-order valence-corrected chi connectivity index (χ4v) is 3.33. The first-order valence-corrected chi connectivity index (χ1v) is 7.52. The number of halogens is 16. The van der Waals surface area contributed by atoms with Gasteiger partial charge in [0.05, 0.1) is 5.56 Å². The van der Waals surface area contributed by atoms with Crippen LogP contribution in [0.5, 0.6) is 0 Å². The first kappa shape index (κ1) is 24.0. The number of alkyl halides is 7. The Labute approximate surface area is 164 Å². The second-order valence-electron chi connectivity index (χ2n) is 6.34. The van der Waals surface area contributed by atoms with Gasteiger partial charge in [-0.25, -0.2) is 48.3 Å². The van der Waals surface area contributed by atoms with E-state index in [2.05, 4.69) is 0 Å². The minimum atomic E-state index is -7.32. The van der Waals surface area contributed by atoms with Crippen LogP contribution in [0.25, 0.3) is 0 Å². The summed E-state index contributed by atoms with van der Waals surface area (Å²) in [5.41, 5.74) is -22.3. The van der Waals surface area contributed by atoms with E-state index in [4.69, 9.17) is 0 Å². The van der Waals surface area contributed by atoms with E-state index >= 15 is 8.78 Å². The fourth-order valence-electron chi connectivity index (χ4n) is 3.33. The highest BCUT2D eigenvalue weighted by Gasteiger charge is 2.88. The van der Waals surface area contributed by atoms with E-state index in [1.54, 1.807) is 0 Å². The van der Waals surface area contributed by atoms with Crippen LogP contribution in [-0.4, -0.2) is 12.1 Å². The highest BCUT2D eigenvalue weighted by molar-refractivity contribution is 5.61. The molecule has 0 heterocycles. The largest absolute Gasteiger partial charge is 0.457 e. The lowest BCUT2D eigenvalue weighted by molar-refractivity contribution is -0.360. The van der Waals surface area contributed by atoms with E-state index in [1.165, 1.54) is 0 Å². The van der Waals surface area contributed by atoms with Crippen molar-refractivity contribution < 1.29 is 70.2 Å². The molecule has 1 aliphatic carbocycles. The minimum Gasteiger partial charge on any atom is -0.229 e. The van der Waals surface area contributed by atoms with E-state index < -0.39 is 92.5 Å². The third-order valence-electron chi connectivity index (χ3n) is 4.77. The van der Waals surface area contributed by atoms with E-state index in [0.717, 1.165) is 0 Å². The third-order valence-corrected chi connectivity index (χ3v) is 4.77. The van der Waals surface area contributed by atoms with Gasteiger partial charge in [-0.15, -0.1) is 0 Å². The fraction of sp³-hybridized carbons (Fsp3) is 0.250. The maximum atomic E-state index is 15.5. The average molecular weight is 496 g/mol. The summed E-state index contributed by atoms with van der Waals surface area (Å²) in [7, 11) is 0. The molecule has 0 saturated heterocycles. The summed E-state index contributed by atoms with van der Waals surface area (Å²) in [6.07, 6.45) is -7.30. The molecule has 0 nitrogen and oxygen atoms in total. The monoisotopic (exact) mass is 496 g/mol. The Bertz CT molecular complexity index is 1140. The summed E-state index contributed by atoms with van der Waals surface area (Å²) in [6.45, 7) is 0. The Morgan fingerprint density at radius 2 is 0.688 bits per heavy atom. The molecule has 2 aromatic rings. The predicted octanol–water partition coefficient (Wildman–Crippen LogP) is 6.53. The van der Waals surface area contributed by atoms with E-state index in [0.29, 0.717) is 0 Å². The molecule has 32 heavy (non-hydrogen) atoms. The Morgan fingerprint density at radius 3 is 1.03 bits per heavy atom. The minimum absolute atomic E-state index is 3.01. The number of rotatable bonds is 2. The van der Waals surface area contributed by atoms with Gasteiger partial charge in [0, 0.05) is 11.1 Å². The molecule has 0 amide bonds. The second-order valence-corrected chi connectivity index (χ2v) is 6.34. The molecule has 0 radical (unpaired) electrons. The van der Waals surface area contributed by atoms with Gasteiger partial charge in [-0.1, -0.05) is 0 Å². The number of hydrogen-bond acceptors (Lipinski definition) is 0. The van der Waals surface area contributed by atoms with Crippen molar-refractivity contribution in [3.63, 3.8) is 0 Å². The number of benzene rings is 2. The van der Waals surface area contributed by atoms with Gasteiger partial charge in [0.25, 0.3) is 5.67 Å². The zero-order valence-corrected chi connectivity index (χ0v) is 14.0. The molecule has 0 aromatic heterocycles. The molecule has 2 aromatic carbocycles. The Morgan fingerprint density at radius 1 is 0.406 bits per heavy atom. The van der Waals surface area contributed by atoms with Crippen molar-refractivity contribution in [3.05, 3.63) is 69.0 Å². The van der Waals surface area contributed by atoms with Gasteiger partial charge >= 0.3 is 12.1 Å². The van der Waals surface area contributed by atoms with Crippen molar-refractivity contribution in [1.82, 2.24) is 0 Å². The molecule has 2 unspecified atom stereocenters. The van der Waals surface area contributed by atoms with Crippen LogP contribution in [-0.2, 0) is 11.3 Å². The molecular weight excluding hydrogens is 496 g/mol. The van der Waals surface area contributed by atoms with Crippen molar-refractivity contribution in [2.24, 2.45) is 0 Å².